The van der Waals surface area contributed by atoms with Crippen LogP contribution < -0.4 is 5.32 Å². The third-order valence-corrected chi connectivity index (χ3v) is 4.59. The first-order valence-electron chi connectivity index (χ1n) is 8.02. The predicted molar refractivity (Wildman–Crippen MR) is 82.0 cm³/mol. The Bertz CT molecular complexity index is 429. The van der Waals surface area contributed by atoms with Crippen molar-refractivity contribution in [3.63, 3.8) is 0 Å². The molecule has 1 saturated heterocycles. The van der Waals surface area contributed by atoms with Crippen molar-refractivity contribution in [2.45, 2.75) is 38.3 Å². The minimum atomic E-state index is 0.453. The van der Waals surface area contributed by atoms with E-state index < -0.39 is 0 Å². The average Bonchev–Trinajstić information content (AvgIpc) is 3.00. The molecular weight excluding hydrogens is 248 g/mol. The molecule has 2 aliphatic rings. The van der Waals surface area contributed by atoms with Gasteiger partial charge in [0.25, 0.3) is 0 Å². The van der Waals surface area contributed by atoms with E-state index in [1.165, 1.54) is 24.0 Å². The lowest BCUT2D eigenvalue weighted by Crippen LogP contribution is -2.41. The summed E-state index contributed by atoms with van der Waals surface area (Å²) in [7, 11) is 0. The summed E-state index contributed by atoms with van der Waals surface area (Å²) in [6, 6.07) is 9.35. The molecule has 0 aromatic heterocycles. The Labute approximate surface area is 122 Å². The zero-order chi connectivity index (χ0) is 13.8. The summed E-state index contributed by atoms with van der Waals surface area (Å²) < 4.78 is 5.78. The molecule has 1 N–H and O–H groups in total. The molecule has 2 atom stereocenters. The average molecular weight is 274 g/mol. The molecule has 1 aromatic rings. The topological polar surface area (TPSA) is 24.5 Å². The van der Waals surface area contributed by atoms with E-state index in [4.69, 9.17) is 4.74 Å². The Morgan fingerprint density at radius 1 is 1.30 bits per heavy atom. The third kappa shape index (κ3) is 3.22. The van der Waals surface area contributed by atoms with E-state index in [1.807, 2.05) is 0 Å². The minimum Gasteiger partial charge on any atom is -0.377 e. The molecule has 2 unspecified atom stereocenters. The second-order valence-electron chi connectivity index (χ2n) is 5.94. The van der Waals surface area contributed by atoms with Crippen molar-refractivity contribution in [3.05, 3.63) is 35.4 Å². The highest BCUT2D eigenvalue weighted by atomic mass is 16.5. The Morgan fingerprint density at radius 2 is 2.20 bits per heavy atom. The van der Waals surface area contributed by atoms with E-state index in [9.17, 15) is 0 Å². The van der Waals surface area contributed by atoms with E-state index in [0.717, 1.165) is 39.2 Å². The number of ether oxygens (including phenoxy) is 1. The van der Waals surface area contributed by atoms with E-state index >= 15 is 0 Å². The van der Waals surface area contributed by atoms with Crippen LogP contribution in [0.5, 0.6) is 0 Å². The summed E-state index contributed by atoms with van der Waals surface area (Å²) in [5, 5.41) is 3.68. The van der Waals surface area contributed by atoms with Crippen LogP contribution in [0.4, 0.5) is 0 Å². The summed E-state index contributed by atoms with van der Waals surface area (Å²) in [5.74, 6) is 0. The third-order valence-electron chi connectivity index (χ3n) is 4.59. The van der Waals surface area contributed by atoms with E-state index in [-0.39, 0.29) is 0 Å². The highest BCUT2D eigenvalue weighted by molar-refractivity contribution is 5.32. The van der Waals surface area contributed by atoms with Crippen LogP contribution >= 0.6 is 0 Å². The molecule has 110 valence electrons. The Morgan fingerprint density at radius 3 is 3.00 bits per heavy atom. The number of nitrogens with zero attached hydrogens (tertiary/aromatic N) is 1. The Hall–Kier alpha value is -0.900. The number of likely N-dealkylation sites (N-methyl/N-ethyl adjacent to an activating group) is 1. The van der Waals surface area contributed by atoms with Crippen LogP contribution in [0.1, 0.15) is 36.9 Å². The van der Waals surface area contributed by atoms with Gasteiger partial charge in [-0.1, -0.05) is 31.2 Å². The second-order valence-corrected chi connectivity index (χ2v) is 5.94. The fourth-order valence-electron chi connectivity index (χ4n) is 3.42. The Balaban J connectivity index is 1.64. The zero-order valence-electron chi connectivity index (χ0n) is 12.5. The molecule has 20 heavy (non-hydrogen) atoms. The molecule has 3 heteroatoms. The number of benzene rings is 1. The lowest BCUT2D eigenvalue weighted by molar-refractivity contribution is 0.0712. The number of fused-ring (bicyclic) bond motifs is 1. The van der Waals surface area contributed by atoms with Crippen molar-refractivity contribution in [2.24, 2.45) is 0 Å². The van der Waals surface area contributed by atoms with Gasteiger partial charge >= 0.3 is 0 Å². The highest BCUT2D eigenvalue weighted by Crippen LogP contribution is 2.24. The summed E-state index contributed by atoms with van der Waals surface area (Å²) in [6.07, 6.45) is 4.07. The van der Waals surface area contributed by atoms with E-state index in [0.29, 0.717) is 12.1 Å². The lowest BCUT2D eigenvalue weighted by Gasteiger charge is -2.32. The quantitative estimate of drug-likeness (QED) is 0.892. The molecule has 0 aliphatic carbocycles. The maximum Gasteiger partial charge on any atom is 0.0702 e. The van der Waals surface area contributed by atoms with Crippen LogP contribution in [-0.2, 0) is 11.2 Å². The first kappa shape index (κ1) is 14.1. The number of rotatable bonds is 5. The maximum atomic E-state index is 5.78. The molecule has 0 amide bonds. The van der Waals surface area contributed by atoms with Gasteiger partial charge in [-0.2, -0.15) is 0 Å². The molecule has 1 fully saturated rings. The van der Waals surface area contributed by atoms with Crippen molar-refractivity contribution in [2.75, 3.05) is 32.8 Å². The molecule has 0 bridgehead atoms. The van der Waals surface area contributed by atoms with Gasteiger partial charge in [0.05, 0.1) is 6.10 Å². The summed E-state index contributed by atoms with van der Waals surface area (Å²) in [5.41, 5.74) is 3.01. The largest absolute Gasteiger partial charge is 0.377 e. The molecule has 3 rings (SSSR count). The lowest BCUT2D eigenvalue weighted by atomic mass is 9.94. The van der Waals surface area contributed by atoms with Gasteiger partial charge in [0.15, 0.2) is 0 Å². The van der Waals surface area contributed by atoms with Crippen molar-refractivity contribution < 1.29 is 4.74 Å². The van der Waals surface area contributed by atoms with E-state index in [1.54, 1.807) is 0 Å². The molecule has 1 aromatic carbocycles. The molecule has 3 nitrogen and oxygen atoms in total. The van der Waals surface area contributed by atoms with Crippen molar-refractivity contribution in [3.8, 4) is 0 Å². The van der Waals surface area contributed by atoms with Crippen molar-refractivity contribution in [1.82, 2.24) is 10.2 Å². The fourth-order valence-corrected chi connectivity index (χ4v) is 3.42. The maximum absolute atomic E-state index is 5.78. The molecule has 2 aliphatic heterocycles. The SMILES string of the molecule is CCN(CC1CCCO1)CC1NCCc2ccccc21. The smallest absolute Gasteiger partial charge is 0.0702 e. The van der Waals surface area contributed by atoms with Crippen LogP contribution in [0.2, 0.25) is 0 Å². The number of hydrogen-bond donors (Lipinski definition) is 1. The first-order valence-corrected chi connectivity index (χ1v) is 8.02. The van der Waals surface area contributed by atoms with Gasteiger partial charge in [-0.3, -0.25) is 4.90 Å². The number of nitrogens with one attached hydrogen (secondary N) is 1. The van der Waals surface area contributed by atoms with Crippen LogP contribution in [0.25, 0.3) is 0 Å². The standard InChI is InChI=1S/C17H26N2O/c1-2-19(12-15-7-5-11-20-15)13-17-16-8-4-3-6-14(16)9-10-18-17/h3-4,6,8,15,17-18H,2,5,7,9-13H2,1H3. The van der Waals surface area contributed by atoms with Crippen molar-refractivity contribution >= 4 is 0 Å². The van der Waals surface area contributed by atoms with Gasteiger partial charge in [0.1, 0.15) is 0 Å². The van der Waals surface area contributed by atoms with Gasteiger partial charge in [-0.25, -0.2) is 0 Å². The summed E-state index contributed by atoms with van der Waals surface area (Å²) >= 11 is 0. The van der Waals surface area contributed by atoms with Crippen LogP contribution in [0, 0.1) is 0 Å². The molecule has 0 radical (unpaired) electrons. The van der Waals surface area contributed by atoms with Gasteiger partial charge in [0.2, 0.25) is 0 Å². The Kier molecular flexibility index (Phi) is 4.71. The molecular formula is C17H26N2O. The van der Waals surface area contributed by atoms with Gasteiger partial charge in [0, 0.05) is 25.7 Å². The first-order chi connectivity index (χ1) is 9.86. The second kappa shape index (κ2) is 6.70. The summed E-state index contributed by atoms with van der Waals surface area (Å²) in [4.78, 5) is 2.54. The van der Waals surface area contributed by atoms with Crippen LogP contribution in [-0.4, -0.2) is 43.8 Å². The number of hydrogen-bond acceptors (Lipinski definition) is 3. The van der Waals surface area contributed by atoms with Gasteiger partial charge in [-0.05, 0) is 43.5 Å². The van der Waals surface area contributed by atoms with Crippen LogP contribution in [0.3, 0.4) is 0 Å². The van der Waals surface area contributed by atoms with Gasteiger partial charge in [-0.15, -0.1) is 0 Å². The molecule has 2 heterocycles. The predicted octanol–water partition coefficient (Wildman–Crippen LogP) is 2.37. The normalized spacial score (nSPS) is 25.9. The molecule has 0 saturated carbocycles. The highest BCUT2D eigenvalue weighted by Gasteiger charge is 2.24. The van der Waals surface area contributed by atoms with Crippen LogP contribution in [0.15, 0.2) is 24.3 Å². The molecule has 0 spiro atoms. The van der Waals surface area contributed by atoms with Crippen molar-refractivity contribution in [1.29, 1.82) is 0 Å². The minimum absolute atomic E-state index is 0.453. The monoisotopic (exact) mass is 274 g/mol. The van der Waals surface area contributed by atoms with E-state index in [2.05, 4.69) is 41.4 Å². The summed E-state index contributed by atoms with van der Waals surface area (Å²) in [6.45, 7) is 7.57. The van der Waals surface area contributed by atoms with Gasteiger partial charge < -0.3 is 10.1 Å². The fraction of sp³-hybridized carbons (Fsp3) is 0.647. The zero-order valence-corrected chi connectivity index (χ0v) is 12.5.